The summed E-state index contributed by atoms with van der Waals surface area (Å²) in [6, 6.07) is 0. The van der Waals surface area contributed by atoms with Gasteiger partial charge in [0.05, 0.1) is 6.61 Å². The van der Waals surface area contributed by atoms with Crippen LogP contribution in [0.15, 0.2) is 11.5 Å². The first-order chi connectivity index (χ1) is 3.56. The Kier molecular flexibility index (Phi) is 3.04. The van der Waals surface area contributed by atoms with Gasteiger partial charge in [-0.2, -0.15) is 0 Å². The van der Waals surface area contributed by atoms with Gasteiger partial charge < -0.3 is 5.11 Å². The van der Waals surface area contributed by atoms with Gasteiger partial charge in [0.25, 0.3) is 9.05 Å². The Bertz CT molecular complexity index is 169. The van der Waals surface area contributed by atoms with Crippen molar-refractivity contribution in [3.05, 3.63) is 11.5 Å². The fourth-order valence-electron chi connectivity index (χ4n) is 0.158. The lowest BCUT2D eigenvalue weighted by Gasteiger charge is -1.77. The summed E-state index contributed by atoms with van der Waals surface area (Å²) < 4.78 is 19.9. The maximum absolute atomic E-state index is 9.96. The monoisotopic (exact) mass is 156 g/mol. The summed E-state index contributed by atoms with van der Waals surface area (Å²) in [6.07, 6.45) is 1.04. The first-order valence-electron chi connectivity index (χ1n) is 1.78. The van der Waals surface area contributed by atoms with Crippen molar-refractivity contribution in [3.63, 3.8) is 0 Å². The summed E-state index contributed by atoms with van der Waals surface area (Å²) in [5.41, 5.74) is 0. The van der Waals surface area contributed by atoms with Crippen LogP contribution in [0.3, 0.4) is 0 Å². The molecule has 1 N–H and O–H groups in total. The molecule has 0 fully saturated rings. The summed E-state index contributed by atoms with van der Waals surface area (Å²) >= 11 is 0. The van der Waals surface area contributed by atoms with E-state index in [1.807, 2.05) is 0 Å². The van der Waals surface area contributed by atoms with Crippen LogP contribution in [-0.4, -0.2) is 20.1 Å². The van der Waals surface area contributed by atoms with E-state index in [0.717, 1.165) is 11.5 Å². The molecule has 0 aromatic rings. The van der Waals surface area contributed by atoms with Gasteiger partial charge in [0.15, 0.2) is 0 Å². The average Bonchev–Trinajstić information content (AvgIpc) is 1.59. The Balaban J connectivity index is 3.92. The van der Waals surface area contributed by atoms with Crippen LogP contribution in [0.25, 0.3) is 0 Å². The van der Waals surface area contributed by atoms with Crippen LogP contribution < -0.4 is 0 Å². The summed E-state index contributed by atoms with van der Waals surface area (Å²) in [5.74, 6) is 0. The zero-order valence-electron chi connectivity index (χ0n) is 3.91. The van der Waals surface area contributed by atoms with Gasteiger partial charge in [0.1, 0.15) is 0 Å². The highest BCUT2D eigenvalue weighted by Crippen LogP contribution is 1.95. The van der Waals surface area contributed by atoms with Crippen molar-refractivity contribution in [1.29, 1.82) is 0 Å². The minimum atomic E-state index is -3.55. The van der Waals surface area contributed by atoms with Gasteiger partial charge in [0.2, 0.25) is 0 Å². The highest BCUT2D eigenvalue weighted by atomic mass is 35.7. The zero-order chi connectivity index (χ0) is 6.62. The van der Waals surface area contributed by atoms with Gasteiger partial charge in [-0.1, -0.05) is 0 Å². The second-order valence-electron chi connectivity index (χ2n) is 1.03. The topological polar surface area (TPSA) is 54.4 Å². The molecule has 0 aliphatic rings. The molecule has 3 nitrogen and oxygen atoms in total. The molecule has 0 atom stereocenters. The fraction of sp³-hybridized carbons (Fsp3) is 0.333. The second-order valence-corrected chi connectivity index (χ2v) is 3.54. The summed E-state index contributed by atoms with van der Waals surface area (Å²) in [6.45, 7) is -0.314. The van der Waals surface area contributed by atoms with E-state index in [9.17, 15) is 8.42 Å². The molecule has 0 saturated carbocycles. The third-order valence-corrected chi connectivity index (χ3v) is 1.19. The van der Waals surface area contributed by atoms with E-state index >= 15 is 0 Å². The number of halogens is 1. The Morgan fingerprint density at radius 1 is 1.62 bits per heavy atom. The van der Waals surface area contributed by atoms with Crippen LogP contribution in [0, 0.1) is 0 Å². The van der Waals surface area contributed by atoms with Gasteiger partial charge in [-0.25, -0.2) is 8.42 Å². The van der Waals surface area contributed by atoms with Crippen LogP contribution >= 0.6 is 10.7 Å². The van der Waals surface area contributed by atoms with Gasteiger partial charge in [-0.3, -0.25) is 0 Å². The standard InChI is InChI=1S/C3H5ClO3S/c4-8(6,7)3-1-2-5/h1,3,5H,2H2/b3-1+. The summed E-state index contributed by atoms with van der Waals surface area (Å²) in [4.78, 5) is 0. The maximum atomic E-state index is 9.96. The van der Waals surface area contributed by atoms with Gasteiger partial charge in [-0.15, -0.1) is 0 Å². The molecular weight excluding hydrogens is 152 g/mol. The molecule has 0 amide bonds. The van der Waals surface area contributed by atoms with Crippen molar-refractivity contribution in [2.24, 2.45) is 0 Å². The minimum Gasteiger partial charge on any atom is -0.392 e. The molecule has 0 aromatic carbocycles. The largest absolute Gasteiger partial charge is 0.392 e. The lowest BCUT2D eigenvalue weighted by Crippen LogP contribution is -1.80. The highest BCUT2D eigenvalue weighted by Gasteiger charge is 1.93. The summed E-state index contributed by atoms with van der Waals surface area (Å²) in [5, 5.41) is 8.75. The summed E-state index contributed by atoms with van der Waals surface area (Å²) in [7, 11) is 1.13. The highest BCUT2D eigenvalue weighted by molar-refractivity contribution is 8.16. The molecule has 0 aliphatic heterocycles. The third-order valence-electron chi connectivity index (χ3n) is 0.364. The SMILES string of the molecule is O=S(=O)(Cl)/C=C/CO. The lowest BCUT2D eigenvalue weighted by molar-refractivity contribution is 0.343. The minimum absolute atomic E-state index is 0.314. The molecule has 0 spiro atoms. The van der Waals surface area contributed by atoms with Crippen molar-refractivity contribution >= 4 is 19.7 Å². The average molecular weight is 157 g/mol. The molecule has 48 valence electrons. The van der Waals surface area contributed by atoms with E-state index in [4.69, 9.17) is 5.11 Å². The quantitative estimate of drug-likeness (QED) is 0.576. The molecule has 0 bridgehead atoms. The Labute approximate surface area is 52.0 Å². The molecule has 0 rings (SSSR count). The van der Waals surface area contributed by atoms with E-state index in [1.54, 1.807) is 0 Å². The predicted molar refractivity (Wildman–Crippen MR) is 31.0 cm³/mol. The number of aliphatic hydroxyl groups excluding tert-OH is 1. The fourth-order valence-corrected chi connectivity index (χ4v) is 0.692. The first kappa shape index (κ1) is 7.94. The van der Waals surface area contributed by atoms with Crippen molar-refractivity contribution in [2.75, 3.05) is 6.61 Å². The number of aliphatic hydroxyl groups is 1. The number of hydrogen-bond acceptors (Lipinski definition) is 3. The van der Waals surface area contributed by atoms with Crippen molar-refractivity contribution in [3.8, 4) is 0 Å². The Morgan fingerprint density at radius 2 is 2.12 bits per heavy atom. The Morgan fingerprint density at radius 3 is 2.25 bits per heavy atom. The lowest BCUT2D eigenvalue weighted by atomic mass is 10.7. The molecule has 0 radical (unpaired) electrons. The molecule has 5 heteroatoms. The second kappa shape index (κ2) is 3.06. The molecule has 0 unspecified atom stereocenters. The number of hydrogen-bond donors (Lipinski definition) is 1. The predicted octanol–water partition coefficient (Wildman–Crippen LogP) is 0.0610. The van der Waals surface area contributed by atoms with E-state index in [-0.39, 0.29) is 6.61 Å². The van der Waals surface area contributed by atoms with Crippen LogP contribution in [0.4, 0.5) is 0 Å². The van der Waals surface area contributed by atoms with Crippen molar-refractivity contribution in [1.82, 2.24) is 0 Å². The molecule has 0 saturated heterocycles. The molecule has 0 aliphatic carbocycles. The smallest absolute Gasteiger partial charge is 0.254 e. The van der Waals surface area contributed by atoms with Crippen LogP contribution in [0.1, 0.15) is 0 Å². The van der Waals surface area contributed by atoms with Gasteiger partial charge >= 0.3 is 0 Å². The van der Waals surface area contributed by atoms with Crippen LogP contribution in [0.2, 0.25) is 0 Å². The number of rotatable bonds is 2. The van der Waals surface area contributed by atoms with E-state index in [1.165, 1.54) is 0 Å². The van der Waals surface area contributed by atoms with Crippen molar-refractivity contribution in [2.45, 2.75) is 0 Å². The van der Waals surface area contributed by atoms with E-state index < -0.39 is 9.05 Å². The maximum Gasteiger partial charge on any atom is 0.254 e. The first-order valence-corrected chi connectivity index (χ1v) is 4.15. The van der Waals surface area contributed by atoms with E-state index in [0.29, 0.717) is 0 Å². The molecule has 0 aromatic heterocycles. The zero-order valence-corrected chi connectivity index (χ0v) is 5.48. The van der Waals surface area contributed by atoms with E-state index in [2.05, 4.69) is 10.7 Å². The van der Waals surface area contributed by atoms with Crippen LogP contribution in [-0.2, 0) is 9.05 Å². The molecule has 8 heavy (non-hydrogen) atoms. The third kappa shape index (κ3) is 5.94. The van der Waals surface area contributed by atoms with Crippen molar-refractivity contribution < 1.29 is 13.5 Å². The Hall–Kier alpha value is -0.0600. The van der Waals surface area contributed by atoms with Gasteiger partial charge in [-0.05, 0) is 6.08 Å². The molecule has 0 heterocycles. The van der Waals surface area contributed by atoms with Gasteiger partial charge in [0, 0.05) is 16.1 Å². The normalized spacial score (nSPS) is 12.8. The van der Waals surface area contributed by atoms with Crippen LogP contribution in [0.5, 0.6) is 0 Å². The molecular formula is C3H5ClO3S.